The Labute approximate surface area is 208 Å². The number of morpholine rings is 1. The van der Waals surface area contributed by atoms with Crippen molar-refractivity contribution in [3.05, 3.63) is 57.1 Å². The number of hydrogen-bond acceptors (Lipinski definition) is 7. The standard InChI is InChI=1S/C24H28ClN5O5/c1-2-23(31)29-9-7-27(8-10-29)20-6-4-18(25)16-19(20)26-24(32)17-3-5-21(22(15-17)30(33)34)28-11-13-35-14-12-28/h3-6,15-16H,2,7-14H2,1H3,(H,26,32). The first-order chi connectivity index (χ1) is 16.9. The van der Waals surface area contributed by atoms with Crippen molar-refractivity contribution in [2.24, 2.45) is 0 Å². The zero-order valence-electron chi connectivity index (χ0n) is 19.5. The van der Waals surface area contributed by atoms with Crippen LogP contribution in [-0.2, 0) is 9.53 Å². The fourth-order valence-electron chi connectivity index (χ4n) is 4.38. The van der Waals surface area contributed by atoms with Crippen LogP contribution in [0.4, 0.5) is 22.7 Å². The molecule has 186 valence electrons. The number of nitro groups is 1. The first kappa shape index (κ1) is 24.7. The van der Waals surface area contributed by atoms with Gasteiger partial charge in [-0.15, -0.1) is 0 Å². The number of hydrogen-bond donors (Lipinski definition) is 1. The summed E-state index contributed by atoms with van der Waals surface area (Å²) in [5, 5.41) is 15.1. The summed E-state index contributed by atoms with van der Waals surface area (Å²) in [4.78, 5) is 42.2. The van der Waals surface area contributed by atoms with Crippen LogP contribution >= 0.6 is 11.6 Å². The maximum Gasteiger partial charge on any atom is 0.293 e. The SMILES string of the molecule is CCC(=O)N1CCN(c2ccc(Cl)cc2NC(=O)c2ccc(N3CCOCC3)c([N+](=O)[O-])c2)CC1. The van der Waals surface area contributed by atoms with Gasteiger partial charge in [-0.3, -0.25) is 19.7 Å². The van der Waals surface area contributed by atoms with Crippen molar-refractivity contribution in [1.82, 2.24) is 4.90 Å². The number of rotatable bonds is 6. The molecule has 0 aromatic heterocycles. The van der Waals surface area contributed by atoms with E-state index < -0.39 is 10.8 Å². The first-order valence-corrected chi connectivity index (χ1v) is 12.0. The number of nitrogens with one attached hydrogen (secondary N) is 1. The summed E-state index contributed by atoms with van der Waals surface area (Å²) in [6, 6.07) is 9.75. The molecule has 0 atom stereocenters. The van der Waals surface area contributed by atoms with E-state index in [1.54, 1.807) is 24.3 Å². The van der Waals surface area contributed by atoms with E-state index in [0.717, 1.165) is 5.69 Å². The third-order valence-corrected chi connectivity index (χ3v) is 6.50. The van der Waals surface area contributed by atoms with Crippen LogP contribution in [0.3, 0.4) is 0 Å². The molecule has 0 bridgehead atoms. The minimum Gasteiger partial charge on any atom is -0.378 e. The van der Waals surface area contributed by atoms with Gasteiger partial charge in [0.25, 0.3) is 11.6 Å². The Hall–Kier alpha value is -3.37. The van der Waals surface area contributed by atoms with E-state index in [2.05, 4.69) is 10.2 Å². The van der Waals surface area contributed by atoms with Gasteiger partial charge in [-0.2, -0.15) is 0 Å². The van der Waals surface area contributed by atoms with Crippen LogP contribution in [0.5, 0.6) is 0 Å². The summed E-state index contributed by atoms with van der Waals surface area (Å²) in [7, 11) is 0. The van der Waals surface area contributed by atoms with Crippen LogP contribution in [0.2, 0.25) is 5.02 Å². The third kappa shape index (κ3) is 5.66. The molecule has 2 aliphatic heterocycles. The molecule has 10 nitrogen and oxygen atoms in total. The van der Waals surface area contributed by atoms with Gasteiger partial charge < -0.3 is 24.8 Å². The van der Waals surface area contributed by atoms with Gasteiger partial charge in [0.05, 0.1) is 29.5 Å². The molecule has 2 saturated heterocycles. The molecule has 2 heterocycles. The minimum absolute atomic E-state index is 0.122. The van der Waals surface area contributed by atoms with Crippen molar-refractivity contribution in [3.8, 4) is 0 Å². The molecule has 2 fully saturated rings. The molecule has 0 spiro atoms. The van der Waals surface area contributed by atoms with Crippen molar-refractivity contribution >= 4 is 46.2 Å². The van der Waals surface area contributed by atoms with E-state index in [0.29, 0.717) is 75.3 Å². The molecule has 4 rings (SSSR count). The summed E-state index contributed by atoms with van der Waals surface area (Å²) in [5.41, 5.74) is 1.82. The predicted octanol–water partition coefficient (Wildman–Crippen LogP) is 3.40. The zero-order valence-corrected chi connectivity index (χ0v) is 20.3. The Morgan fingerprint density at radius 2 is 1.66 bits per heavy atom. The minimum atomic E-state index is -0.469. The molecular weight excluding hydrogens is 474 g/mol. The van der Waals surface area contributed by atoms with Gasteiger partial charge in [-0.05, 0) is 30.3 Å². The fraction of sp³-hybridized carbons (Fsp3) is 0.417. The number of nitro benzene ring substituents is 1. The number of carbonyl (C=O) groups is 2. The quantitative estimate of drug-likeness (QED) is 0.477. The Kier molecular flexibility index (Phi) is 7.72. The van der Waals surface area contributed by atoms with E-state index in [4.69, 9.17) is 16.3 Å². The Balaban J connectivity index is 1.54. The lowest BCUT2D eigenvalue weighted by Gasteiger charge is -2.37. The second-order valence-corrected chi connectivity index (χ2v) is 8.83. The van der Waals surface area contributed by atoms with Crippen LogP contribution in [0, 0.1) is 10.1 Å². The highest BCUT2D eigenvalue weighted by atomic mass is 35.5. The highest BCUT2D eigenvalue weighted by Crippen LogP contribution is 2.33. The largest absolute Gasteiger partial charge is 0.378 e. The van der Waals surface area contributed by atoms with E-state index in [9.17, 15) is 19.7 Å². The highest BCUT2D eigenvalue weighted by Gasteiger charge is 2.25. The van der Waals surface area contributed by atoms with Gasteiger partial charge in [-0.1, -0.05) is 18.5 Å². The molecule has 2 amide bonds. The molecular formula is C24H28ClN5O5. The van der Waals surface area contributed by atoms with Gasteiger partial charge >= 0.3 is 0 Å². The van der Waals surface area contributed by atoms with Gasteiger partial charge in [0.1, 0.15) is 5.69 Å². The topological polar surface area (TPSA) is 108 Å². The lowest BCUT2D eigenvalue weighted by atomic mass is 10.1. The molecule has 0 aliphatic carbocycles. The number of nitrogens with zero attached hydrogens (tertiary/aromatic N) is 4. The Morgan fingerprint density at radius 3 is 2.31 bits per heavy atom. The molecule has 2 aromatic carbocycles. The Bertz CT molecular complexity index is 1110. The number of carbonyl (C=O) groups excluding carboxylic acids is 2. The van der Waals surface area contributed by atoms with Crippen molar-refractivity contribution in [2.45, 2.75) is 13.3 Å². The molecule has 0 unspecified atom stereocenters. The Morgan fingerprint density at radius 1 is 1.00 bits per heavy atom. The van der Waals surface area contributed by atoms with Crippen LogP contribution in [0.25, 0.3) is 0 Å². The van der Waals surface area contributed by atoms with Crippen LogP contribution < -0.4 is 15.1 Å². The normalized spacial score (nSPS) is 16.2. The van der Waals surface area contributed by atoms with E-state index in [1.165, 1.54) is 6.07 Å². The van der Waals surface area contributed by atoms with Crippen LogP contribution in [-0.4, -0.2) is 74.1 Å². The summed E-state index contributed by atoms with van der Waals surface area (Å²) in [6.45, 7) is 6.38. The summed E-state index contributed by atoms with van der Waals surface area (Å²) < 4.78 is 5.33. The predicted molar refractivity (Wildman–Crippen MR) is 135 cm³/mol. The molecule has 0 radical (unpaired) electrons. The fourth-order valence-corrected chi connectivity index (χ4v) is 4.55. The highest BCUT2D eigenvalue weighted by molar-refractivity contribution is 6.31. The van der Waals surface area contributed by atoms with E-state index in [1.807, 2.05) is 22.8 Å². The van der Waals surface area contributed by atoms with Gasteiger partial charge in [0.2, 0.25) is 5.91 Å². The van der Waals surface area contributed by atoms with E-state index >= 15 is 0 Å². The smallest absolute Gasteiger partial charge is 0.293 e. The van der Waals surface area contributed by atoms with Crippen molar-refractivity contribution in [2.75, 3.05) is 67.6 Å². The number of ether oxygens (including phenoxy) is 1. The third-order valence-electron chi connectivity index (χ3n) is 6.27. The number of anilines is 3. The summed E-state index contributed by atoms with van der Waals surface area (Å²) in [5.74, 6) is -0.346. The number of benzene rings is 2. The van der Waals surface area contributed by atoms with Gasteiger partial charge in [0.15, 0.2) is 0 Å². The number of halogens is 1. The number of amides is 2. The maximum absolute atomic E-state index is 13.1. The molecule has 2 aliphatic rings. The van der Waals surface area contributed by atoms with Crippen LogP contribution in [0.1, 0.15) is 23.7 Å². The molecule has 11 heteroatoms. The summed E-state index contributed by atoms with van der Waals surface area (Å²) in [6.07, 6.45) is 0.471. The number of piperazine rings is 1. The average molecular weight is 502 g/mol. The molecule has 35 heavy (non-hydrogen) atoms. The van der Waals surface area contributed by atoms with Crippen molar-refractivity contribution in [1.29, 1.82) is 0 Å². The lowest BCUT2D eigenvalue weighted by Crippen LogP contribution is -2.48. The van der Waals surface area contributed by atoms with Gasteiger partial charge in [-0.25, -0.2) is 0 Å². The zero-order chi connectivity index (χ0) is 24.9. The van der Waals surface area contributed by atoms with Gasteiger partial charge in [0, 0.05) is 62.3 Å². The first-order valence-electron chi connectivity index (χ1n) is 11.6. The summed E-state index contributed by atoms with van der Waals surface area (Å²) >= 11 is 6.21. The van der Waals surface area contributed by atoms with Crippen molar-refractivity contribution in [3.63, 3.8) is 0 Å². The molecule has 2 aromatic rings. The van der Waals surface area contributed by atoms with E-state index in [-0.39, 0.29) is 17.2 Å². The van der Waals surface area contributed by atoms with Crippen molar-refractivity contribution < 1.29 is 19.2 Å². The molecule has 1 N–H and O–H groups in total. The monoisotopic (exact) mass is 501 g/mol. The lowest BCUT2D eigenvalue weighted by molar-refractivity contribution is -0.384. The maximum atomic E-state index is 13.1. The second-order valence-electron chi connectivity index (χ2n) is 8.40. The second kappa shape index (κ2) is 10.9. The molecule has 0 saturated carbocycles. The average Bonchev–Trinajstić information content (AvgIpc) is 2.88. The van der Waals surface area contributed by atoms with Crippen LogP contribution in [0.15, 0.2) is 36.4 Å².